The maximum Gasteiger partial charge on any atom is 0.272 e. The Hall–Kier alpha value is -4.16. The number of terminal acetylenes is 1. The number of unbranched alkanes of at least 4 members (excludes halogenated alkanes) is 1. The number of carbonyl (C=O) groups excluding carboxylic acids is 3. The van der Waals surface area contributed by atoms with Gasteiger partial charge in [-0.05, 0) is 49.1 Å². The normalized spacial score (nSPS) is 10.5. The third-order valence-corrected chi connectivity index (χ3v) is 6.62. The first-order valence-electron chi connectivity index (χ1n) is 14.5. The average Bonchev–Trinajstić information content (AvgIpc) is 3.47. The Bertz CT molecular complexity index is 1350. The molecule has 1 aromatic heterocycles. The lowest BCUT2D eigenvalue weighted by molar-refractivity contribution is -0.122. The van der Waals surface area contributed by atoms with Gasteiger partial charge in [-0.25, -0.2) is 0 Å². The van der Waals surface area contributed by atoms with E-state index in [1.54, 1.807) is 24.3 Å². The molecule has 1 unspecified atom stereocenters. The predicted molar refractivity (Wildman–Crippen MR) is 184 cm³/mol. The van der Waals surface area contributed by atoms with Gasteiger partial charge in [-0.3, -0.25) is 19.1 Å². The number of nitrogens with one attached hydrogen (secondary N) is 2. The van der Waals surface area contributed by atoms with Crippen molar-refractivity contribution in [1.29, 1.82) is 0 Å². The van der Waals surface area contributed by atoms with E-state index >= 15 is 0 Å². The molecule has 3 N–H and O–H groups in total. The summed E-state index contributed by atoms with van der Waals surface area (Å²) in [4.78, 5) is 36.2. The quantitative estimate of drug-likeness (QED) is 0.103. The van der Waals surface area contributed by atoms with Crippen molar-refractivity contribution < 1.29 is 19.5 Å². The van der Waals surface area contributed by atoms with E-state index in [2.05, 4.69) is 42.1 Å². The third kappa shape index (κ3) is 17.1. The fourth-order valence-electron chi connectivity index (χ4n) is 3.65. The van der Waals surface area contributed by atoms with Crippen molar-refractivity contribution in [3.63, 3.8) is 0 Å². The Morgan fingerprint density at radius 2 is 1.80 bits per heavy atom. The number of hydrogen-bond acceptors (Lipinski definition) is 5. The minimum Gasteiger partial charge on any atom is -0.392 e. The van der Waals surface area contributed by atoms with Crippen LogP contribution in [-0.2, 0) is 24.5 Å². The molecule has 2 aromatic carbocycles. The number of hydrogen-bond donors (Lipinski definition) is 3. The molecule has 0 spiro atoms. The van der Waals surface area contributed by atoms with Crippen molar-refractivity contribution in [3.8, 4) is 12.8 Å². The summed E-state index contributed by atoms with van der Waals surface area (Å²) in [6, 6.07) is 15.9. The van der Waals surface area contributed by atoms with Crippen LogP contribution in [0.5, 0.6) is 0 Å². The fourth-order valence-corrected chi connectivity index (χ4v) is 4.13. The van der Waals surface area contributed by atoms with Crippen molar-refractivity contribution in [2.75, 3.05) is 0 Å². The maximum absolute atomic E-state index is 12.4. The molecule has 0 aliphatic rings. The van der Waals surface area contributed by atoms with Crippen molar-refractivity contribution in [2.24, 2.45) is 0 Å². The molecule has 8 nitrogen and oxygen atoms in total. The standard InChI is InChI=1S/C21H26Cl2N4O3.C7H8O.C5H8.C2H2/c1-3-5-6-16(4-2)25-20(29)12-27-17(13-28)10-19(26-27)21(30)24-11-14-7-8-15(22)9-18(14)23;8-6-7-4-2-1-3-5-7;1-3-5-4-2;1-2/h7-10,13,16H,3-6,11-12H2,1-2H3,(H,24,30)(H,25,29);1-5,8H,6H2;3-5H,1H2,2H3;1-2H/b;;5-4-;. The second kappa shape index (κ2) is 25.2. The Kier molecular flexibility index (Phi) is 22.9. The number of carbonyl (C=O) groups is 3. The molecule has 1 heterocycles. The fraction of sp³-hybridized carbons (Fsp3) is 0.314. The van der Waals surface area contributed by atoms with Crippen molar-refractivity contribution >= 4 is 41.3 Å². The highest BCUT2D eigenvalue weighted by Gasteiger charge is 2.17. The zero-order chi connectivity index (χ0) is 34.0. The first-order valence-corrected chi connectivity index (χ1v) is 15.2. The van der Waals surface area contributed by atoms with Gasteiger partial charge in [0, 0.05) is 22.6 Å². The summed E-state index contributed by atoms with van der Waals surface area (Å²) in [5, 5.41) is 19.3. The van der Waals surface area contributed by atoms with Gasteiger partial charge in [0.05, 0.1) is 6.61 Å². The van der Waals surface area contributed by atoms with Gasteiger partial charge < -0.3 is 15.7 Å². The first kappa shape index (κ1) is 40.8. The number of amides is 2. The summed E-state index contributed by atoms with van der Waals surface area (Å²) in [5.41, 5.74) is 1.86. The van der Waals surface area contributed by atoms with Crippen LogP contribution in [-0.4, -0.2) is 39.0 Å². The lowest BCUT2D eigenvalue weighted by Gasteiger charge is -2.16. The van der Waals surface area contributed by atoms with Gasteiger partial charge in [0.25, 0.3) is 5.91 Å². The SMILES string of the molecule is C#C.C=C/C=C\C.CCCCC(CC)NC(=O)Cn1nc(C(=O)NCc2ccc(Cl)cc2Cl)cc1C=O.OCc1ccccc1. The number of rotatable bonds is 13. The van der Waals surface area contributed by atoms with Gasteiger partial charge in [0.15, 0.2) is 12.0 Å². The van der Waals surface area contributed by atoms with Crippen LogP contribution in [0.3, 0.4) is 0 Å². The maximum atomic E-state index is 12.4. The predicted octanol–water partition coefficient (Wildman–Crippen LogP) is 7.19. The summed E-state index contributed by atoms with van der Waals surface area (Å²) in [7, 11) is 0. The molecule has 10 heteroatoms. The molecular formula is C35H44Cl2N4O4. The summed E-state index contributed by atoms with van der Waals surface area (Å²) < 4.78 is 1.24. The van der Waals surface area contributed by atoms with Gasteiger partial charge in [-0.1, -0.05) is 111 Å². The smallest absolute Gasteiger partial charge is 0.272 e. The number of aliphatic hydroxyl groups excluding tert-OH is 1. The summed E-state index contributed by atoms with van der Waals surface area (Å²) >= 11 is 12.0. The highest BCUT2D eigenvalue weighted by Crippen LogP contribution is 2.20. The number of benzene rings is 2. The van der Waals surface area contributed by atoms with Gasteiger partial charge in [-0.2, -0.15) is 5.10 Å². The molecule has 1 atom stereocenters. The minimum atomic E-state index is -0.474. The third-order valence-electron chi connectivity index (χ3n) is 6.03. The van der Waals surface area contributed by atoms with Crippen LogP contribution < -0.4 is 10.6 Å². The molecular weight excluding hydrogens is 611 g/mol. The monoisotopic (exact) mass is 654 g/mol. The van der Waals surface area contributed by atoms with Crippen LogP contribution >= 0.6 is 23.2 Å². The topological polar surface area (TPSA) is 113 Å². The molecule has 242 valence electrons. The molecule has 45 heavy (non-hydrogen) atoms. The van der Waals surface area contributed by atoms with E-state index in [1.807, 2.05) is 56.3 Å². The highest BCUT2D eigenvalue weighted by molar-refractivity contribution is 6.35. The van der Waals surface area contributed by atoms with E-state index in [4.69, 9.17) is 28.3 Å². The van der Waals surface area contributed by atoms with Crippen molar-refractivity contribution in [2.45, 2.75) is 72.2 Å². The number of allylic oxidation sites excluding steroid dienone is 3. The average molecular weight is 656 g/mol. The lowest BCUT2D eigenvalue weighted by Crippen LogP contribution is -2.37. The van der Waals surface area contributed by atoms with Gasteiger partial charge in [-0.15, -0.1) is 12.8 Å². The second-order valence-electron chi connectivity index (χ2n) is 9.37. The van der Waals surface area contributed by atoms with E-state index < -0.39 is 5.91 Å². The summed E-state index contributed by atoms with van der Waals surface area (Å²) in [5.74, 6) is -0.721. The molecule has 0 saturated carbocycles. The molecule has 0 fully saturated rings. The Labute approximate surface area is 277 Å². The Morgan fingerprint density at radius 3 is 2.29 bits per heavy atom. The Balaban J connectivity index is 0.00000106. The van der Waals surface area contributed by atoms with E-state index in [0.717, 1.165) is 31.2 Å². The molecule has 0 aliphatic carbocycles. The lowest BCUT2D eigenvalue weighted by atomic mass is 10.1. The van der Waals surface area contributed by atoms with Crippen LogP contribution in [0.1, 0.15) is 78.6 Å². The summed E-state index contributed by atoms with van der Waals surface area (Å²) in [6.45, 7) is 9.72. The first-order chi connectivity index (χ1) is 21.7. The summed E-state index contributed by atoms with van der Waals surface area (Å²) in [6.07, 6.45) is 18.0. The minimum absolute atomic E-state index is 0.0491. The largest absolute Gasteiger partial charge is 0.392 e. The van der Waals surface area contributed by atoms with Gasteiger partial charge >= 0.3 is 0 Å². The van der Waals surface area contributed by atoms with E-state index in [9.17, 15) is 14.4 Å². The van der Waals surface area contributed by atoms with Crippen molar-refractivity contribution in [1.82, 2.24) is 20.4 Å². The molecule has 2 amide bonds. The van der Waals surface area contributed by atoms with E-state index in [-0.39, 0.29) is 43.0 Å². The van der Waals surface area contributed by atoms with E-state index in [0.29, 0.717) is 21.9 Å². The molecule has 3 rings (SSSR count). The Morgan fingerprint density at radius 1 is 1.11 bits per heavy atom. The molecule has 0 bridgehead atoms. The van der Waals surface area contributed by atoms with Gasteiger partial charge in [0.2, 0.25) is 5.91 Å². The molecule has 0 aliphatic heterocycles. The molecule has 0 saturated heterocycles. The number of aliphatic hydroxyl groups is 1. The van der Waals surface area contributed by atoms with Crippen LogP contribution in [0.25, 0.3) is 0 Å². The van der Waals surface area contributed by atoms with Gasteiger partial charge in [0.1, 0.15) is 12.2 Å². The second-order valence-corrected chi connectivity index (χ2v) is 10.2. The number of nitrogens with zero attached hydrogens (tertiary/aromatic N) is 2. The molecule has 0 radical (unpaired) electrons. The van der Waals surface area contributed by atoms with Crippen LogP contribution in [0.2, 0.25) is 10.0 Å². The van der Waals surface area contributed by atoms with Crippen LogP contribution in [0.4, 0.5) is 0 Å². The zero-order valence-corrected chi connectivity index (χ0v) is 27.7. The zero-order valence-electron chi connectivity index (χ0n) is 26.2. The van der Waals surface area contributed by atoms with Crippen LogP contribution in [0.15, 0.2) is 79.4 Å². The number of aromatic nitrogens is 2. The molecule has 3 aromatic rings. The van der Waals surface area contributed by atoms with Crippen LogP contribution in [0, 0.1) is 12.8 Å². The number of aldehydes is 1. The number of halogens is 2. The van der Waals surface area contributed by atoms with E-state index in [1.165, 1.54) is 10.7 Å². The highest BCUT2D eigenvalue weighted by atomic mass is 35.5. The van der Waals surface area contributed by atoms with Crippen molar-refractivity contribution in [3.05, 3.63) is 112 Å².